The lowest BCUT2D eigenvalue weighted by Gasteiger charge is -2.24. The third kappa shape index (κ3) is 4.35. The standard InChI is InChI=1S/C16H24N2O/c1-12(17)8-9-18-16(19)11-13-6-7-14-4-2-3-5-15(14)10-13/h2-5,12-13H,6-11,17H2,1H3,(H,18,19). The monoisotopic (exact) mass is 260 g/mol. The fourth-order valence-electron chi connectivity index (χ4n) is 2.72. The van der Waals surface area contributed by atoms with Crippen molar-refractivity contribution < 1.29 is 4.79 Å². The Hall–Kier alpha value is -1.35. The van der Waals surface area contributed by atoms with Crippen LogP contribution in [0.4, 0.5) is 0 Å². The van der Waals surface area contributed by atoms with Crippen LogP contribution >= 0.6 is 0 Å². The number of carbonyl (C=O) groups excluding carboxylic acids is 1. The summed E-state index contributed by atoms with van der Waals surface area (Å²) in [6.07, 6.45) is 4.76. The summed E-state index contributed by atoms with van der Waals surface area (Å²) >= 11 is 0. The van der Waals surface area contributed by atoms with Crippen LogP contribution in [-0.2, 0) is 17.6 Å². The quantitative estimate of drug-likeness (QED) is 0.851. The van der Waals surface area contributed by atoms with Gasteiger partial charge in [-0.15, -0.1) is 0 Å². The van der Waals surface area contributed by atoms with Crippen molar-refractivity contribution in [3.05, 3.63) is 35.4 Å². The molecule has 2 unspecified atom stereocenters. The van der Waals surface area contributed by atoms with Gasteiger partial charge in [-0.1, -0.05) is 24.3 Å². The summed E-state index contributed by atoms with van der Waals surface area (Å²) < 4.78 is 0. The zero-order valence-electron chi connectivity index (χ0n) is 11.7. The van der Waals surface area contributed by atoms with Crippen LogP contribution < -0.4 is 11.1 Å². The van der Waals surface area contributed by atoms with Crippen molar-refractivity contribution in [1.29, 1.82) is 0 Å². The molecule has 3 heteroatoms. The van der Waals surface area contributed by atoms with Gasteiger partial charge in [-0.25, -0.2) is 0 Å². The first-order chi connectivity index (χ1) is 9.15. The third-order valence-corrected chi connectivity index (χ3v) is 3.84. The first-order valence-electron chi connectivity index (χ1n) is 7.24. The Morgan fingerprint density at radius 2 is 2.16 bits per heavy atom. The third-order valence-electron chi connectivity index (χ3n) is 3.84. The van der Waals surface area contributed by atoms with Gasteiger partial charge in [0.1, 0.15) is 0 Å². The minimum atomic E-state index is 0.154. The van der Waals surface area contributed by atoms with Crippen LogP contribution in [0.1, 0.15) is 37.3 Å². The predicted molar refractivity (Wildman–Crippen MR) is 77.9 cm³/mol. The van der Waals surface area contributed by atoms with E-state index in [0.717, 1.165) is 25.7 Å². The number of nitrogens with one attached hydrogen (secondary N) is 1. The van der Waals surface area contributed by atoms with E-state index in [9.17, 15) is 4.79 Å². The molecule has 0 heterocycles. The number of amides is 1. The maximum Gasteiger partial charge on any atom is 0.220 e. The maximum absolute atomic E-state index is 11.9. The summed E-state index contributed by atoms with van der Waals surface area (Å²) in [7, 11) is 0. The van der Waals surface area contributed by atoms with E-state index in [1.165, 1.54) is 11.1 Å². The molecule has 0 radical (unpaired) electrons. The summed E-state index contributed by atoms with van der Waals surface area (Å²) in [5.74, 6) is 0.662. The topological polar surface area (TPSA) is 55.1 Å². The van der Waals surface area contributed by atoms with E-state index in [4.69, 9.17) is 5.73 Å². The molecule has 1 amide bonds. The molecule has 104 valence electrons. The van der Waals surface area contributed by atoms with Crippen molar-refractivity contribution in [2.45, 2.75) is 45.1 Å². The molecule has 19 heavy (non-hydrogen) atoms. The van der Waals surface area contributed by atoms with E-state index in [2.05, 4.69) is 29.6 Å². The second kappa shape index (κ2) is 6.71. The SMILES string of the molecule is CC(N)CCNC(=O)CC1CCc2ccccc2C1. The van der Waals surface area contributed by atoms with E-state index in [-0.39, 0.29) is 11.9 Å². The smallest absolute Gasteiger partial charge is 0.220 e. The second-order valence-corrected chi connectivity index (χ2v) is 5.70. The van der Waals surface area contributed by atoms with E-state index in [0.29, 0.717) is 18.9 Å². The van der Waals surface area contributed by atoms with Gasteiger partial charge in [0.05, 0.1) is 0 Å². The van der Waals surface area contributed by atoms with Crippen molar-refractivity contribution in [2.24, 2.45) is 11.7 Å². The van der Waals surface area contributed by atoms with Gasteiger partial charge in [0.2, 0.25) is 5.91 Å². The molecule has 2 atom stereocenters. The first-order valence-corrected chi connectivity index (χ1v) is 7.24. The van der Waals surface area contributed by atoms with Crippen molar-refractivity contribution in [2.75, 3.05) is 6.54 Å². The maximum atomic E-state index is 11.9. The molecule has 2 rings (SSSR count). The number of rotatable bonds is 5. The zero-order valence-corrected chi connectivity index (χ0v) is 11.7. The van der Waals surface area contributed by atoms with Crippen LogP contribution in [0, 0.1) is 5.92 Å². The molecule has 0 spiro atoms. The van der Waals surface area contributed by atoms with Crippen LogP contribution in [-0.4, -0.2) is 18.5 Å². The van der Waals surface area contributed by atoms with Crippen LogP contribution in [0.25, 0.3) is 0 Å². The molecule has 3 N–H and O–H groups in total. The van der Waals surface area contributed by atoms with Crippen molar-refractivity contribution in [3.8, 4) is 0 Å². The van der Waals surface area contributed by atoms with Gasteiger partial charge in [0, 0.05) is 19.0 Å². The average molecular weight is 260 g/mol. The van der Waals surface area contributed by atoms with Gasteiger partial charge < -0.3 is 11.1 Å². The minimum absolute atomic E-state index is 0.154. The Labute approximate surface area is 115 Å². The lowest BCUT2D eigenvalue weighted by molar-refractivity contribution is -0.122. The Morgan fingerprint density at radius 3 is 2.89 bits per heavy atom. The van der Waals surface area contributed by atoms with Crippen molar-refractivity contribution >= 4 is 5.91 Å². The Kier molecular flexibility index (Phi) is 4.97. The van der Waals surface area contributed by atoms with Gasteiger partial charge in [0.15, 0.2) is 0 Å². The largest absolute Gasteiger partial charge is 0.356 e. The summed E-state index contributed by atoms with van der Waals surface area (Å²) in [5.41, 5.74) is 8.54. The summed E-state index contributed by atoms with van der Waals surface area (Å²) in [6.45, 7) is 2.66. The Balaban J connectivity index is 1.77. The molecule has 0 aliphatic heterocycles. The number of aryl methyl sites for hydroxylation is 1. The molecule has 0 saturated carbocycles. The zero-order chi connectivity index (χ0) is 13.7. The fourth-order valence-corrected chi connectivity index (χ4v) is 2.72. The van der Waals surface area contributed by atoms with Crippen LogP contribution in [0.5, 0.6) is 0 Å². The summed E-state index contributed by atoms with van der Waals surface area (Å²) in [5, 5.41) is 2.97. The van der Waals surface area contributed by atoms with E-state index >= 15 is 0 Å². The van der Waals surface area contributed by atoms with Crippen molar-refractivity contribution in [1.82, 2.24) is 5.32 Å². The molecule has 1 aromatic rings. The highest BCUT2D eigenvalue weighted by atomic mass is 16.1. The summed E-state index contributed by atoms with van der Waals surface area (Å²) in [6, 6.07) is 8.73. The molecule has 1 aliphatic carbocycles. The Morgan fingerprint density at radius 1 is 1.42 bits per heavy atom. The van der Waals surface area contributed by atoms with Crippen molar-refractivity contribution in [3.63, 3.8) is 0 Å². The number of nitrogens with two attached hydrogens (primary N) is 1. The van der Waals surface area contributed by atoms with E-state index < -0.39 is 0 Å². The number of fused-ring (bicyclic) bond motifs is 1. The molecule has 1 aromatic carbocycles. The fraction of sp³-hybridized carbons (Fsp3) is 0.562. The first kappa shape index (κ1) is 14.1. The molecule has 0 fully saturated rings. The van der Waals surface area contributed by atoms with Crippen LogP contribution in [0.3, 0.4) is 0 Å². The lowest BCUT2D eigenvalue weighted by Crippen LogP contribution is -2.31. The Bertz CT molecular complexity index is 429. The van der Waals surface area contributed by atoms with Gasteiger partial charge in [-0.3, -0.25) is 4.79 Å². The van der Waals surface area contributed by atoms with Gasteiger partial charge in [-0.05, 0) is 49.7 Å². The molecule has 0 saturated heterocycles. The minimum Gasteiger partial charge on any atom is -0.356 e. The number of carbonyl (C=O) groups is 1. The highest BCUT2D eigenvalue weighted by molar-refractivity contribution is 5.76. The van der Waals surface area contributed by atoms with Gasteiger partial charge in [-0.2, -0.15) is 0 Å². The van der Waals surface area contributed by atoms with Crippen LogP contribution in [0.2, 0.25) is 0 Å². The molecule has 0 bridgehead atoms. The molecule has 1 aliphatic rings. The number of hydrogen-bond donors (Lipinski definition) is 2. The number of benzene rings is 1. The number of hydrogen-bond acceptors (Lipinski definition) is 2. The lowest BCUT2D eigenvalue weighted by atomic mass is 9.82. The second-order valence-electron chi connectivity index (χ2n) is 5.70. The van der Waals surface area contributed by atoms with Gasteiger partial charge >= 0.3 is 0 Å². The molecule has 0 aromatic heterocycles. The molecular formula is C16H24N2O. The van der Waals surface area contributed by atoms with E-state index in [1.807, 2.05) is 6.92 Å². The average Bonchev–Trinajstić information content (AvgIpc) is 2.38. The highest BCUT2D eigenvalue weighted by Crippen LogP contribution is 2.27. The van der Waals surface area contributed by atoms with Crippen LogP contribution in [0.15, 0.2) is 24.3 Å². The predicted octanol–water partition coefficient (Wildman–Crippen LogP) is 2.04. The summed E-state index contributed by atoms with van der Waals surface area (Å²) in [4.78, 5) is 11.9. The molecule has 3 nitrogen and oxygen atoms in total. The normalized spacial score (nSPS) is 19.6. The highest BCUT2D eigenvalue weighted by Gasteiger charge is 2.20. The molecular weight excluding hydrogens is 236 g/mol. The van der Waals surface area contributed by atoms with Gasteiger partial charge in [0.25, 0.3) is 0 Å². The van der Waals surface area contributed by atoms with E-state index in [1.54, 1.807) is 0 Å².